The van der Waals surface area contributed by atoms with Gasteiger partial charge in [0.2, 0.25) is 0 Å². The first-order valence-corrected chi connectivity index (χ1v) is 6.65. The molecule has 1 amide bonds. The number of rotatable bonds is 4. The van der Waals surface area contributed by atoms with Crippen molar-refractivity contribution in [3.8, 4) is 5.75 Å². The number of nitrogens with one attached hydrogen (secondary N) is 1. The van der Waals surface area contributed by atoms with Gasteiger partial charge in [-0.25, -0.2) is 0 Å². The van der Waals surface area contributed by atoms with Gasteiger partial charge in [0.1, 0.15) is 5.75 Å². The van der Waals surface area contributed by atoms with Crippen molar-refractivity contribution in [2.24, 2.45) is 0 Å². The van der Waals surface area contributed by atoms with Gasteiger partial charge in [0.05, 0.1) is 7.11 Å². The smallest absolute Gasteiger partial charge is 0.255 e. The average Bonchev–Trinajstić information content (AvgIpc) is 2.47. The monoisotopic (exact) mass is 269 g/mol. The van der Waals surface area contributed by atoms with Crippen molar-refractivity contribution in [2.45, 2.75) is 19.8 Å². The molecule has 2 rings (SSSR count). The molecular formula is C17H19NO2. The van der Waals surface area contributed by atoms with Gasteiger partial charge in [-0.15, -0.1) is 0 Å². The summed E-state index contributed by atoms with van der Waals surface area (Å²) >= 11 is 0. The highest BCUT2D eigenvalue weighted by atomic mass is 16.5. The standard InChI is InChI=1S/C17H19NO2/c1-12(2)13-7-9-15(10-8-13)18-17(19)14-5-4-6-16(11-14)20-3/h4-12H,1-3H3,(H,18,19). The zero-order valence-electron chi connectivity index (χ0n) is 12.0. The van der Waals surface area contributed by atoms with Crippen molar-refractivity contribution >= 4 is 11.6 Å². The van der Waals surface area contributed by atoms with Gasteiger partial charge in [-0.2, -0.15) is 0 Å². The molecule has 0 aliphatic heterocycles. The van der Waals surface area contributed by atoms with E-state index in [9.17, 15) is 4.79 Å². The van der Waals surface area contributed by atoms with Crippen LogP contribution in [0.4, 0.5) is 5.69 Å². The highest BCUT2D eigenvalue weighted by Crippen LogP contribution is 2.18. The summed E-state index contributed by atoms with van der Waals surface area (Å²) in [5.41, 5.74) is 2.63. The van der Waals surface area contributed by atoms with E-state index in [1.165, 1.54) is 5.56 Å². The molecule has 0 unspecified atom stereocenters. The molecule has 0 aliphatic carbocycles. The third-order valence-corrected chi connectivity index (χ3v) is 3.17. The maximum absolute atomic E-state index is 12.1. The Morgan fingerprint density at radius 3 is 2.40 bits per heavy atom. The number of methoxy groups -OCH3 is 1. The Labute approximate surface area is 119 Å². The third-order valence-electron chi connectivity index (χ3n) is 3.17. The molecule has 0 heterocycles. The molecule has 104 valence electrons. The second-order valence-electron chi connectivity index (χ2n) is 4.96. The molecule has 0 atom stereocenters. The maximum Gasteiger partial charge on any atom is 0.255 e. The molecule has 2 aromatic carbocycles. The zero-order chi connectivity index (χ0) is 14.5. The van der Waals surface area contributed by atoms with Gasteiger partial charge < -0.3 is 10.1 Å². The average molecular weight is 269 g/mol. The number of carbonyl (C=O) groups excluding carboxylic acids is 1. The van der Waals surface area contributed by atoms with Crippen LogP contribution in [0.3, 0.4) is 0 Å². The molecule has 0 radical (unpaired) electrons. The van der Waals surface area contributed by atoms with Crippen molar-refractivity contribution in [1.29, 1.82) is 0 Å². The number of benzene rings is 2. The summed E-state index contributed by atoms with van der Waals surface area (Å²) in [5.74, 6) is 1.02. The van der Waals surface area contributed by atoms with Crippen LogP contribution in [0.15, 0.2) is 48.5 Å². The normalized spacial score (nSPS) is 10.4. The van der Waals surface area contributed by atoms with Crippen LogP contribution in [0.5, 0.6) is 5.75 Å². The lowest BCUT2D eigenvalue weighted by atomic mass is 10.0. The molecule has 0 aliphatic rings. The topological polar surface area (TPSA) is 38.3 Å². The second kappa shape index (κ2) is 6.24. The fourth-order valence-electron chi connectivity index (χ4n) is 1.92. The lowest BCUT2D eigenvalue weighted by molar-refractivity contribution is 0.102. The van der Waals surface area contributed by atoms with E-state index < -0.39 is 0 Å². The van der Waals surface area contributed by atoms with E-state index in [-0.39, 0.29) is 5.91 Å². The van der Waals surface area contributed by atoms with Crippen molar-refractivity contribution in [3.63, 3.8) is 0 Å². The molecule has 3 heteroatoms. The predicted octanol–water partition coefficient (Wildman–Crippen LogP) is 4.07. The number of hydrogen-bond acceptors (Lipinski definition) is 2. The molecule has 0 spiro atoms. The van der Waals surface area contributed by atoms with Gasteiger partial charge in [0.25, 0.3) is 5.91 Å². The summed E-state index contributed by atoms with van der Waals surface area (Å²) in [5, 5.41) is 2.88. The van der Waals surface area contributed by atoms with E-state index in [0.29, 0.717) is 17.2 Å². The molecule has 3 nitrogen and oxygen atoms in total. The Bertz CT molecular complexity index is 588. The van der Waals surface area contributed by atoms with Crippen LogP contribution in [0.1, 0.15) is 35.7 Å². The largest absolute Gasteiger partial charge is 0.497 e. The lowest BCUT2D eigenvalue weighted by Crippen LogP contribution is -2.11. The number of amides is 1. The fourth-order valence-corrected chi connectivity index (χ4v) is 1.92. The maximum atomic E-state index is 12.1. The summed E-state index contributed by atoms with van der Waals surface area (Å²) in [4.78, 5) is 12.1. The summed E-state index contributed by atoms with van der Waals surface area (Å²) in [6.45, 7) is 4.29. The van der Waals surface area contributed by atoms with Crippen LogP contribution in [0, 0.1) is 0 Å². The Morgan fingerprint density at radius 1 is 1.10 bits per heavy atom. The minimum absolute atomic E-state index is 0.138. The van der Waals surface area contributed by atoms with Crippen LogP contribution < -0.4 is 10.1 Å². The second-order valence-corrected chi connectivity index (χ2v) is 4.96. The molecule has 0 aromatic heterocycles. The molecule has 0 saturated carbocycles. The van der Waals surface area contributed by atoms with Gasteiger partial charge in [-0.3, -0.25) is 4.79 Å². The Morgan fingerprint density at radius 2 is 1.80 bits per heavy atom. The first-order chi connectivity index (χ1) is 9.60. The van der Waals surface area contributed by atoms with Gasteiger partial charge in [-0.05, 0) is 41.8 Å². The summed E-state index contributed by atoms with van der Waals surface area (Å²) < 4.78 is 5.12. The molecule has 2 aromatic rings. The van der Waals surface area contributed by atoms with Gasteiger partial charge >= 0.3 is 0 Å². The van der Waals surface area contributed by atoms with Crippen molar-refractivity contribution in [1.82, 2.24) is 0 Å². The van der Waals surface area contributed by atoms with E-state index in [1.54, 1.807) is 25.3 Å². The number of hydrogen-bond donors (Lipinski definition) is 1. The molecular weight excluding hydrogens is 250 g/mol. The lowest BCUT2D eigenvalue weighted by Gasteiger charge is -2.09. The van der Waals surface area contributed by atoms with E-state index >= 15 is 0 Å². The first-order valence-electron chi connectivity index (χ1n) is 6.65. The third kappa shape index (κ3) is 3.38. The fraction of sp³-hybridized carbons (Fsp3) is 0.235. The van der Waals surface area contributed by atoms with Crippen molar-refractivity contribution < 1.29 is 9.53 Å². The minimum Gasteiger partial charge on any atom is -0.497 e. The Hall–Kier alpha value is -2.29. The minimum atomic E-state index is -0.138. The van der Waals surface area contributed by atoms with Crippen LogP contribution in [0.2, 0.25) is 0 Å². The summed E-state index contributed by atoms with van der Waals surface area (Å²) in [6.07, 6.45) is 0. The SMILES string of the molecule is COc1cccc(C(=O)Nc2ccc(C(C)C)cc2)c1. The molecule has 1 N–H and O–H groups in total. The van der Waals surface area contributed by atoms with Gasteiger partial charge in [-0.1, -0.05) is 32.0 Å². The first kappa shape index (κ1) is 14.1. The molecule has 0 saturated heterocycles. The highest BCUT2D eigenvalue weighted by molar-refractivity contribution is 6.04. The summed E-state index contributed by atoms with van der Waals surface area (Å²) in [7, 11) is 1.58. The van der Waals surface area contributed by atoms with Crippen molar-refractivity contribution in [3.05, 3.63) is 59.7 Å². The van der Waals surface area contributed by atoms with Crippen LogP contribution in [-0.2, 0) is 0 Å². The van der Waals surface area contributed by atoms with E-state index in [2.05, 4.69) is 19.2 Å². The van der Waals surface area contributed by atoms with Crippen LogP contribution >= 0.6 is 0 Å². The number of ether oxygens (including phenoxy) is 1. The van der Waals surface area contributed by atoms with Gasteiger partial charge in [0.15, 0.2) is 0 Å². The molecule has 0 fully saturated rings. The highest BCUT2D eigenvalue weighted by Gasteiger charge is 2.07. The number of anilines is 1. The summed E-state index contributed by atoms with van der Waals surface area (Å²) in [6, 6.07) is 15.0. The van der Waals surface area contributed by atoms with Gasteiger partial charge in [0, 0.05) is 11.3 Å². The van der Waals surface area contributed by atoms with Crippen molar-refractivity contribution in [2.75, 3.05) is 12.4 Å². The quantitative estimate of drug-likeness (QED) is 0.908. The Balaban J connectivity index is 2.10. The van der Waals surface area contributed by atoms with E-state index in [0.717, 1.165) is 5.69 Å². The zero-order valence-corrected chi connectivity index (χ0v) is 12.0. The Kier molecular flexibility index (Phi) is 4.41. The van der Waals surface area contributed by atoms with E-state index in [1.807, 2.05) is 30.3 Å². The predicted molar refractivity (Wildman–Crippen MR) is 81.5 cm³/mol. The molecule has 0 bridgehead atoms. The van der Waals surface area contributed by atoms with Crippen LogP contribution in [-0.4, -0.2) is 13.0 Å². The van der Waals surface area contributed by atoms with E-state index in [4.69, 9.17) is 4.74 Å². The number of carbonyl (C=O) groups is 1. The van der Waals surface area contributed by atoms with Crippen LogP contribution in [0.25, 0.3) is 0 Å². The molecule has 20 heavy (non-hydrogen) atoms.